The number of nitriles is 1. The van der Waals surface area contributed by atoms with Gasteiger partial charge >= 0.3 is 6.18 Å². The fourth-order valence-corrected chi connectivity index (χ4v) is 3.97. The van der Waals surface area contributed by atoms with E-state index in [1.807, 2.05) is 23.6 Å². The van der Waals surface area contributed by atoms with Gasteiger partial charge in [-0.05, 0) is 36.1 Å². The maximum atomic E-state index is 13.0. The molecule has 0 radical (unpaired) electrons. The van der Waals surface area contributed by atoms with Crippen LogP contribution < -0.4 is 16.0 Å². The van der Waals surface area contributed by atoms with Crippen LogP contribution in [0.25, 0.3) is 0 Å². The summed E-state index contributed by atoms with van der Waals surface area (Å²) in [7, 11) is 0. The molecule has 148 valence electrons. The second-order valence-electron chi connectivity index (χ2n) is 6.67. The Hall–Kier alpha value is -2.57. The standard InChI is InChI=1S/C19H19F3N4OS/c20-19(21,22)13-4-3-12(10-23)17(8-13)26-6-5-14(11-26)25-18(27)16(24)9-15-2-1-7-28-15/h1-4,7-8,14,16H,5-6,9,11,24H2,(H,25,27). The Morgan fingerprint density at radius 3 is 2.86 bits per heavy atom. The van der Waals surface area contributed by atoms with Crippen molar-refractivity contribution in [3.8, 4) is 6.07 Å². The van der Waals surface area contributed by atoms with E-state index in [-0.39, 0.29) is 23.2 Å². The monoisotopic (exact) mass is 408 g/mol. The minimum Gasteiger partial charge on any atom is -0.368 e. The summed E-state index contributed by atoms with van der Waals surface area (Å²) in [5.74, 6) is -0.287. The molecule has 0 aliphatic carbocycles. The van der Waals surface area contributed by atoms with E-state index in [4.69, 9.17) is 5.73 Å². The Kier molecular flexibility index (Phi) is 5.91. The van der Waals surface area contributed by atoms with Gasteiger partial charge in [0, 0.05) is 30.4 Å². The van der Waals surface area contributed by atoms with E-state index in [2.05, 4.69) is 5.32 Å². The van der Waals surface area contributed by atoms with Crippen molar-refractivity contribution in [2.24, 2.45) is 5.73 Å². The van der Waals surface area contributed by atoms with Crippen LogP contribution in [0, 0.1) is 11.3 Å². The molecule has 1 aromatic carbocycles. The third-order valence-electron chi connectivity index (χ3n) is 4.66. The Morgan fingerprint density at radius 1 is 1.43 bits per heavy atom. The van der Waals surface area contributed by atoms with E-state index < -0.39 is 17.8 Å². The van der Waals surface area contributed by atoms with Gasteiger partial charge in [0.05, 0.1) is 22.9 Å². The van der Waals surface area contributed by atoms with Crippen LogP contribution in [-0.2, 0) is 17.4 Å². The van der Waals surface area contributed by atoms with E-state index in [1.54, 1.807) is 4.90 Å². The van der Waals surface area contributed by atoms with Crippen LogP contribution in [0.4, 0.5) is 18.9 Å². The number of thiophene rings is 1. The summed E-state index contributed by atoms with van der Waals surface area (Å²) in [5.41, 5.74) is 5.57. The van der Waals surface area contributed by atoms with Crippen molar-refractivity contribution in [3.63, 3.8) is 0 Å². The maximum absolute atomic E-state index is 13.0. The van der Waals surface area contributed by atoms with Crippen molar-refractivity contribution in [1.82, 2.24) is 5.32 Å². The van der Waals surface area contributed by atoms with Crippen molar-refractivity contribution in [3.05, 3.63) is 51.7 Å². The Morgan fingerprint density at radius 2 is 2.21 bits per heavy atom. The SMILES string of the molecule is N#Cc1ccc(C(F)(F)F)cc1N1CCC(NC(=O)C(N)Cc2cccs2)C1. The van der Waals surface area contributed by atoms with Crippen molar-refractivity contribution in [1.29, 1.82) is 5.26 Å². The zero-order valence-corrected chi connectivity index (χ0v) is 15.7. The minimum atomic E-state index is -4.48. The maximum Gasteiger partial charge on any atom is 0.416 e. The average Bonchev–Trinajstić information content (AvgIpc) is 3.32. The van der Waals surface area contributed by atoms with Crippen molar-refractivity contribution in [2.75, 3.05) is 18.0 Å². The number of nitrogens with zero attached hydrogens (tertiary/aromatic N) is 2. The smallest absolute Gasteiger partial charge is 0.368 e. The summed E-state index contributed by atoms with van der Waals surface area (Å²) in [6.45, 7) is 0.772. The van der Waals surface area contributed by atoms with Gasteiger partial charge in [-0.2, -0.15) is 18.4 Å². The lowest BCUT2D eigenvalue weighted by Crippen LogP contribution is -2.47. The number of carbonyl (C=O) groups excluding carboxylic acids is 1. The van der Waals surface area contributed by atoms with E-state index in [9.17, 15) is 23.2 Å². The number of halogens is 3. The minimum absolute atomic E-state index is 0.175. The van der Waals surface area contributed by atoms with Gasteiger partial charge in [-0.25, -0.2) is 0 Å². The predicted octanol–water partition coefficient (Wildman–Crippen LogP) is 2.90. The van der Waals surface area contributed by atoms with Gasteiger partial charge in [-0.3, -0.25) is 4.79 Å². The van der Waals surface area contributed by atoms with Crippen LogP contribution in [-0.4, -0.2) is 31.1 Å². The Balaban J connectivity index is 1.65. The molecule has 2 unspecified atom stereocenters. The number of nitrogens with two attached hydrogens (primary N) is 1. The van der Waals surface area contributed by atoms with Gasteiger partial charge in [-0.15, -0.1) is 11.3 Å². The number of benzene rings is 1. The molecule has 0 saturated carbocycles. The second kappa shape index (κ2) is 8.20. The zero-order valence-electron chi connectivity index (χ0n) is 14.9. The lowest BCUT2D eigenvalue weighted by Gasteiger charge is -2.22. The summed E-state index contributed by atoms with van der Waals surface area (Å²) in [6.07, 6.45) is -3.48. The van der Waals surface area contributed by atoms with Crippen molar-refractivity contribution < 1.29 is 18.0 Å². The third kappa shape index (κ3) is 4.64. The molecular weight excluding hydrogens is 389 g/mol. The fraction of sp³-hybridized carbons (Fsp3) is 0.368. The molecule has 0 bridgehead atoms. The van der Waals surface area contributed by atoms with Crippen LogP contribution in [0.3, 0.4) is 0 Å². The molecule has 28 heavy (non-hydrogen) atoms. The number of hydrogen-bond acceptors (Lipinski definition) is 5. The van der Waals surface area contributed by atoms with Crippen LogP contribution in [0.5, 0.6) is 0 Å². The van der Waals surface area contributed by atoms with Crippen LogP contribution >= 0.6 is 11.3 Å². The molecule has 5 nitrogen and oxygen atoms in total. The Bertz CT molecular complexity index is 876. The molecule has 3 rings (SSSR count). The number of rotatable bonds is 5. The molecule has 1 saturated heterocycles. The second-order valence-corrected chi connectivity index (χ2v) is 7.70. The molecule has 1 amide bonds. The van der Waals surface area contributed by atoms with Crippen molar-refractivity contribution in [2.45, 2.75) is 31.1 Å². The Labute approximate surface area is 164 Å². The summed E-state index contributed by atoms with van der Waals surface area (Å²) in [5, 5.41) is 14.0. The molecule has 2 atom stereocenters. The van der Waals surface area contributed by atoms with E-state index in [0.29, 0.717) is 25.9 Å². The average molecular weight is 408 g/mol. The highest BCUT2D eigenvalue weighted by Crippen LogP contribution is 2.34. The van der Waals surface area contributed by atoms with Gasteiger partial charge in [0.25, 0.3) is 0 Å². The van der Waals surface area contributed by atoms with E-state index in [0.717, 1.165) is 17.0 Å². The molecule has 9 heteroatoms. The number of carbonyl (C=O) groups is 1. The molecule has 3 N–H and O–H groups in total. The molecule has 1 aliphatic heterocycles. The topological polar surface area (TPSA) is 82.2 Å². The highest BCUT2D eigenvalue weighted by atomic mass is 32.1. The van der Waals surface area contributed by atoms with Crippen LogP contribution in [0.2, 0.25) is 0 Å². The normalized spacial score (nSPS) is 18.0. The first-order valence-corrected chi connectivity index (χ1v) is 9.60. The summed E-state index contributed by atoms with van der Waals surface area (Å²) in [4.78, 5) is 15.0. The zero-order chi connectivity index (χ0) is 20.3. The van der Waals surface area contributed by atoms with Gasteiger partial charge in [0.2, 0.25) is 5.91 Å². The highest BCUT2D eigenvalue weighted by molar-refractivity contribution is 7.09. The van der Waals surface area contributed by atoms with Gasteiger partial charge in [-0.1, -0.05) is 6.07 Å². The third-order valence-corrected chi connectivity index (χ3v) is 5.56. The number of amides is 1. The largest absolute Gasteiger partial charge is 0.416 e. The molecule has 1 fully saturated rings. The van der Waals surface area contributed by atoms with E-state index in [1.165, 1.54) is 17.4 Å². The number of alkyl halides is 3. The van der Waals surface area contributed by atoms with Crippen LogP contribution in [0.1, 0.15) is 22.4 Å². The molecular formula is C19H19F3N4OS. The fourth-order valence-electron chi connectivity index (χ4n) is 3.21. The molecule has 2 heterocycles. The number of nitrogens with one attached hydrogen (secondary N) is 1. The highest BCUT2D eigenvalue weighted by Gasteiger charge is 2.33. The first-order valence-electron chi connectivity index (χ1n) is 8.72. The van der Waals surface area contributed by atoms with Gasteiger partial charge in [0.1, 0.15) is 6.07 Å². The van der Waals surface area contributed by atoms with E-state index >= 15 is 0 Å². The van der Waals surface area contributed by atoms with Crippen molar-refractivity contribution >= 4 is 22.9 Å². The first-order chi connectivity index (χ1) is 13.3. The summed E-state index contributed by atoms with van der Waals surface area (Å²) in [6, 6.07) is 7.89. The predicted molar refractivity (Wildman–Crippen MR) is 101 cm³/mol. The molecule has 1 aromatic heterocycles. The summed E-state index contributed by atoms with van der Waals surface area (Å²) >= 11 is 1.53. The van der Waals surface area contributed by atoms with Gasteiger partial charge in [0.15, 0.2) is 0 Å². The number of anilines is 1. The molecule has 2 aromatic rings. The summed E-state index contributed by atoms with van der Waals surface area (Å²) < 4.78 is 39.0. The number of hydrogen-bond donors (Lipinski definition) is 2. The van der Waals surface area contributed by atoms with Crippen LogP contribution in [0.15, 0.2) is 35.7 Å². The lowest BCUT2D eigenvalue weighted by molar-refractivity contribution is -0.137. The quantitative estimate of drug-likeness (QED) is 0.797. The molecule has 1 aliphatic rings. The molecule has 0 spiro atoms. The van der Waals surface area contributed by atoms with Gasteiger partial charge < -0.3 is 16.0 Å². The lowest BCUT2D eigenvalue weighted by atomic mass is 10.1. The first kappa shape index (κ1) is 20.2.